The zero-order chi connectivity index (χ0) is 16.2. The first-order valence-corrected chi connectivity index (χ1v) is 8.27. The molecule has 1 fully saturated rings. The van der Waals surface area contributed by atoms with Crippen molar-refractivity contribution in [1.29, 1.82) is 0 Å². The van der Waals surface area contributed by atoms with Crippen molar-refractivity contribution in [2.45, 2.75) is 12.5 Å². The Balaban J connectivity index is 1.69. The van der Waals surface area contributed by atoms with E-state index in [0.29, 0.717) is 36.2 Å². The highest BCUT2D eigenvalue weighted by Gasteiger charge is 2.26. The van der Waals surface area contributed by atoms with Gasteiger partial charge in [0.1, 0.15) is 6.10 Å². The summed E-state index contributed by atoms with van der Waals surface area (Å²) in [7, 11) is 0. The Hall–Kier alpha value is -1.55. The number of rotatable bonds is 3. The lowest BCUT2D eigenvalue weighted by molar-refractivity contribution is -0.138. The van der Waals surface area contributed by atoms with Gasteiger partial charge in [-0.15, -0.1) is 0 Å². The van der Waals surface area contributed by atoms with Gasteiger partial charge >= 0.3 is 0 Å². The molecular formula is C18H17Cl2NO2. The Labute approximate surface area is 145 Å². The van der Waals surface area contributed by atoms with E-state index in [9.17, 15) is 4.79 Å². The molecule has 2 aromatic carbocycles. The van der Waals surface area contributed by atoms with Gasteiger partial charge in [0.25, 0.3) is 0 Å². The molecule has 1 heterocycles. The largest absolute Gasteiger partial charge is 0.370 e. The maximum atomic E-state index is 12.5. The van der Waals surface area contributed by atoms with E-state index in [0.717, 1.165) is 11.1 Å². The van der Waals surface area contributed by atoms with Gasteiger partial charge in [0.2, 0.25) is 5.91 Å². The Bertz CT molecular complexity index is 691. The van der Waals surface area contributed by atoms with Crippen molar-refractivity contribution in [1.82, 2.24) is 4.90 Å². The Morgan fingerprint density at radius 1 is 1.17 bits per heavy atom. The van der Waals surface area contributed by atoms with Gasteiger partial charge in [0, 0.05) is 22.2 Å². The molecule has 0 aliphatic carbocycles. The van der Waals surface area contributed by atoms with Crippen molar-refractivity contribution in [2.75, 3.05) is 19.7 Å². The van der Waals surface area contributed by atoms with Crippen LogP contribution in [0, 0.1) is 0 Å². The summed E-state index contributed by atoms with van der Waals surface area (Å²) in [6, 6.07) is 15.1. The van der Waals surface area contributed by atoms with Gasteiger partial charge in [0.05, 0.1) is 19.6 Å². The molecule has 23 heavy (non-hydrogen) atoms. The summed E-state index contributed by atoms with van der Waals surface area (Å²) in [5, 5.41) is 1.16. The third-order valence-corrected chi connectivity index (χ3v) is 4.49. The molecule has 0 aromatic heterocycles. The molecule has 1 aliphatic heterocycles. The minimum Gasteiger partial charge on any atom is -0.370 e. The van der Waals surface area contributed by atoms with Gasteiger partial charge in [-0.3, -0.25) is 4.79 Å². The van der Waals surface area contributed by atoms with Gasteiger partial charge in [-0.1, -0.05) is 59.6 Å². The fourth-order valence-electron chi connectivity index (χ4n) is 2.71. The smallest absolute Gasteiger partial charge is 0.227 e. The second-order valence-electron chi connectivity index (χ2n) is 5.53. The standard InChI is InChI=1S/C18H17Cl2NO2/c19-14-6-7-15(16(20)11-14)17-12-21(8-9-23-17)18(22)10-13-4-2-1-3-5-13/h1-7,11,17H,8-10,12H2. The number of hydrogen-bond acceptors (Lipinski definition) is 2. The number of carbonyl (C=O) groups excluding carboxylic acids is 1. The number of hydrogen-bond donors (Lipinski definition) is 0. The average Bonchev–Trinajstić information content (AvgIpc) is 2.56. The predicted molar refractivity (Wildman–Crippen MR) is 91.9 cm³/mol. The average molecular weight is 350 g/mol. The highest BCUT2D eigenvalue weighted by Crippen LogP contribution is 2.30. The topological polar surface area (TPSA) is 29.5 Å². The fourth-order valence-corrected chi connectivity index (χ4v) is 3.24. The molecule has 120 valence electrons. The van der Waals surface area contributed by atoms with E-state index in [4.69, 9.17) is 27.9 Å². The molecule has 2 aromatic rings. The molecule has 0 bridgehead atoms. The summed E-state index contributed by atoms with van der Waals surface area (Å²) in [5.74, 6) is 0.106. The SMILES string of the molecule is O=C(Cc1ccccc1)N1CCOC(c2ccc(Cl)cc2Cl)C1. The van der Waals surface area contributed by atoms with Crippen LogP contribution in [0.4, 0.5) is 0 Å². The van der Waals surface area contributed by atoms with Gasteiger partial charge in [-0.25, -0.2) is 0 Å². The van der Waals surface area contributed by atoms with Crippen LogP contribution in [0.25, 0.3) is 0 Å². The number of nitrogens with zero attached hydrogens (tertiary/aromatic N) is 1. The summed E-state index contributed by atoms with van der Waals surface area (Å²) in [4.78, 5) is 14.3. The molecule has 5 heteroatoms. The van der Waals surface area contributed by atoms with Gasteiger partial charge in [-0.2, -0.15) is 0 Å². The molecule has 1 atom stereocenters. The Morgan fingerprint density at radius 3 is 2.70 bits per heavy atom. The van der Waals surface area contributed by atoms with E-state index in [1.165, 1.54) is 0 Å². The third-order valence-electron chi connectivity index (χ3n) is 3.93. The molecule has 0 saturated carbocycles. The van der Waals surface area contributed by atoms with Crippen LogP contribution in [-0.2, 0) is 16.0 Å². The molecule has 1 aliphatic rings. The number of carbonyl (C=O) groups is 1. The van der Waals surface area contributed by atoms with Crippen LogP contribution in [0.3, 0.4) is 0 Å². The number of ether oxygens (including phenoxy) is 1. The number of amides is 1. The van der Waals surface area contributed by atoms with Crippen LogP contribution >= 0.6 is 23.2 Å². The van der Waals surface area contributed by atoms with Gasteiger partial charge in [-0.05, 0) is 17.7 Å². The molecule has 3 nitrogen and oxygen atoms in total. The van der Waals surface area contributed by atoms with Gasteiger partial charge < -0.3 is 9.64 Å². The lowest BCUT2D eigenvalue weighted by atomic mass is 10.1. The number of benzene rings is 2. The monoisotopic (exact) mass is 349 g/mol. The lowest BCUT2D eigenvalue weighted by Crippen LogP contribution is -2.43. The quantitative estimate of drug-likeness (QED) is 0.833. The van der Waals surface area contributed by atoms with E-state index < -0.39 is 0 Å². The van der Waals surface area contributed by atoms with Crippen LogP contribution in [0.15, 0.2) is 48.5 Å². The number of halogens is 2. The lowest BCUT2D eigenvalue weighted by Gasteiger charge is -2.33. The van der Waals surface area contributed by atoms with E-state index in [1.807, 2.05) is 41.3 Å². The summed E-state index contributed by atoms with van der Waals surface area (Å²) >= 11 is 12.2. The molecule has 1 saturated heterocycles. The van der Waals surface area contributed by atoms with Crippen molar-refractivity contribution in [3.63, 3.8) is 0 Å². The second kappa shape index (κ2) is 7.35. The first-order valence-electron chi connectivity index (χ1n) is 7.52. The highest BCUT2D eigenvalue weighted by atomic mass is 35.5. The van der Waals surface area contributed by atoms with Crippen LogP contribution in [0.1, 0.15) is 17.2 Å². The minimum atomic E-state index is -0.215. The van der Waals surface area contributed by atoms with E-state index >= 15 is 0 Å². The van der Waals surface area contributed by atoms with Crippen LogP contribution in [-0.4, -0.2) is 30.5 Å². The Morgan fingerprint density at radius 2 is 1.96 bits per heavy atom. The second-order valence-corrected chi connectivity index (χ2v) is 6.37. The van der Waals surface area contributed by atoms with Crippen molar-refractivity contribution in [2.24, 2.45) is 0 Å². The first-order chi connectivity index (χ1) is 11.1. The zero-order valence-corrected chi connectivity index (χ0v) is 14.1. The van der Waals surface area contributed by atoms with E-state index in [1.54, 1.807) is 12.1 Å². The molecule has 1 amide bonds. The van der Waals surface area contributed by atoms with E-state index in [2.05, 4.69) is 0 Å². The molecule has 0 N–H and O–H groups in total. The summed E-state index contributed by atoms with van der Waals surface area (Å²) in [5.41, 5.74) is 1.89. The fraction of sp³-hybridized carbons (Fsp3) is 0.278. The predicted octanol–water partition coefficient (Wildman–Crippen LogP) is 4.14. The van der Waals surface area contributed by atoms with E-state index in [-0.39, 0.29) is 12.0 Å². The normalized spacial score (nSPS) is 18.0. The molecule has 0 spiro atoms. The van der Waals surface area contributed by atoms with Crippen LogP contribution < -0.4 is 0 Å². The summed E-state index contributed by atoms with van der Waals surface area (Å²) in [6.45, 7) is 1.62. The maximum Gasteiger partial charge on any atom is 0.227 e. The molecule has 0 radical (unpaired) electrons. The summed E-state index contributed by atoms with van der Waals surface area (Å²) < 4.78 is 5.79. The van der Waals surface area contributed by atoms with Gasteiger partial charge in [0.15, 0.2) is 0 Å². The first kappa shape index (κ1) is 16.3. The summed E-state index contributed by atoms with van der Waals surface area (Å²) in [6.07, 6.45) is 0.190. The molecular weight excluding hydrogens is 333 g/mol. The Kier molecular flexibility index (Phi) is 5.21. The van der Waals surface area contributed by atoms with Crippen molar-refractivity contribution >= 4 is 29.1 Å². The third kappa shape index (κ3) is 4.05. The van der Waals surface area contributed by atoms with Crippen molar-refractivity contribution < 1.29 is 9.53 Å². The molecule has 3 rings (SSSR count). The minimum absolute atomic E-state index is 0.106. The number of morpholine rings is 1. The highest BCUT2D eigenvalue weighted by molar-refractivity contribution is 6.35. The maximum absolute atomic E-state index is 12.5. The van der Waals surface area contributed by atoms with Crippen molar-refractivity contribution in [3.05, 3.63) is 69.7 Å². The van der Waals surface area contributed by atoms with Crippen LogP contribution in [0.5, 0.6) is 0 Å². The zero-order valence-electron chi connectivity index (χ0n) is 12.5. The van der Waals surface area contributed by atoms with Crippen molar-refractivity contribution in [3.8, 4) is 0 Å². The molecule has 1 unspecified atom stereocenters. The van der Waals surface area contributed by atoms with Crippen LogP contribution in [0.2, 0.25) is 10.0 Å².